The average molecular weight is 257 g/mol. The van der Waals surface area contributed by atoms with Crippen molar-refractivity contribution in [3.05, 3.63) is 0 Å². The third-order valence-corrected chi connectivity index (χ3v) is 4.32. The third-order valence-electron chi connectivity index (χ3n) is 3.92. The van der Waals surface area contributed by atoms with Crippen LogP contribution in [0.3, 0.4) is 0 Å². The van der Waals surface area contributed by atoms with E-state index in [0.29, 0.717) is 0 Å². The lowest BCUT2D eigenvalue weighted by Gasteiger charge is -2.37. The molecular weight excluding hydrogens is 234 g/mol. The Bertz CT molecular complexity index is 258. The maximum absolute atomic E-state index is 11.2. The molecule has 0 N–H and O–H groups in total. The molecule has 1 amide bonds. The van der Waals surface area contributed by atoms with Gasteiger partial charge in [-0.1, -0.05) is 12.8 Å². The summed E-state index contributed by atoms with van der Waals surface area (Å²) in [5.41, 5.74) is 0. The summed E-state index contributed by atoms with van der Waals surface area (Å²) in [7, 11) is 0. The normalized spacial score (nSPS) is 25.2. The fraction of sp³-hybridized carbons (Fsp3) is 0.917. The van der Waals surface area contributed by atoms with Gasteiger partial charge in [-0.05, 0) is 18.8 Å². The predicted molar refractivity (Wildman–Crippen MR) is 72.0 cm³/mol. The second kappa shape index (κ2) is 6.07. The highest BCUT2D eigenvalue weighted by molar-refractivity contribution is 7.77. The van der Waals surface area contributed by atoms with Crippen LogP contribution in [-0.2, 0) is 4.79 Å². The molecule has 0 radical (unpaired) electrons. The molecule has 0 atom stereocenters. The summed E-state index contributed by atoms with van der Waals surface area (Å²) in [5.74, 6) is 1.04. The molecule has 0 aromatic heterocycles. The van der Waals surface area contributed by atoms with Crippen molar-refractivity contribution >= 4 is 18.7 Å². The molecule has 2 saturated heterocycles. The largest absolute Gasteiger partial charge is 0.340 e. The Kier molecular flexibility index (Phi) is 4.70. The van der Waals surface area contributed by atoms with Crippen molar-refractivity contribution in [2.24, 2.45) is 5.92 Å². The molecule has 0 spiro atoms. The molecule has 4 nitrogen and oxygen atoms in total. The first-order valence-corrected chi connectivity index (χ1v) is 6.97. The maximum Gasteiger partial charge on any atom is 0.219 e. The van der Waals surface area contributed by atoms with Crippen LogP contribution in [0.4, 0.5) is 0 Å². The van der Waals surface area contributed by atoms with E-state index in [0.717, 1.165) is 45.2 Å². The highest BCUT2D eigenvalue weighted by Gasteiger charge is 2.23. The van der Waals surface area contributed by atoms with Gasteiger partial charge in [0.15, 0.2) is 0 Å². The van der Waals surface area contributed by atoms with Crippen molar-refractivity contribution < 1.29 is 4.79 Å². The van der Waals surface area contributed by atoms with Crippen molar-refractivity contribution in [2.45, 2.75) is 19.8 Å². The second-order valence-electron chi connectivity index (χ2n) is 5.20. The van der Waals surface area contributed by atoms with E-state index in [9.17, 15) is 4.79 Å². The van der Waals surface area contributed by atoms with Gasteiger partial charge in [0.05, 0.1) is 0 Å². The van der Waals surface area contributed by atoms with Gasteiger partial charge in [-0.2, -0.15) is 0 Å². The molecule has 0 saturated carbocycles. The Morgan fingerprint density at radius 3 is 2.24 bits per heavy atom. The van der Waals surface area contributed by atoms with Gasteiger partial charge in [0.1, 0.15) is 0 Å². The highest BCUT2D eigenvalue weighted by Crippen LogP contribution is 2.19. The zero-order valence-electron chi connectivity index (χ0n) is 10.6. The SMILES string of the molecule is CC(=O)N1CCN(CC2CCN(S)CC2)CC1. The van der Waals surface area contributed by atoms with Gasteiger partial charge in [-0.15, -0.1) is 0 Å². The van der Waals surface area contributed by atoms with Gasteiger partial charge in [0, 0.05) is 52.7 Å². The Hall–Kier alpha value is -0.260. The number of hydrogen-bond acceptors (Lipinski definition) is 4. The van der Waals surface area contributed by atoms with E-state index in [-0.39, 0.29) is 5.91 Å². The highest BCUT2D eigenvalue weighted by atomic mass is 32.1. The van der Waals surface area contributed by atoms with Crippen molar-refractivity contribution in [3.63, 3.8) is 0 Å². The number of amides is 1. The van der Waals surface area contributed by atoms with Crippen LogP contribution in [0.15, 0.2) is 0 Å². The van der Waals surface area contributed by atoms with Gasteiger partial charge >= 0.3 is 0 Å². The molecule has 2 fully saturated rings. The molecule has 0 unspecified atom stereocenters. The summed E-state index contributed by atoms with van der Waals surface area (Å²) in [4.78, 5) is 15.7. The predicted octanol–water partition coefficient (Wildman–Crippen LogP) is 0.707. The minimum absolute atomic E-state index is 0.216. The zero-order valence-corrected chi connectivity index (χ0v) is 11.5. The Balaban J connectivity index is 1.69. The van der Waals surface area contributed by atoms with Gasteiger partial charge in [-0.25, -0.2) is 0 Å². The first-order chi connectivity index (χ1) is 8.15. The van der Waals surface area contributed by atoms with Crippen LogP contribution in [-0.4, -0.2) is 65.8 Å². The summed E-state index contributed by atoms with van der Waals surface area (Å²) in [5, 5.41) is 0. The third kappa shape index (κ3) is 3.86. The minimum atomic E-state index is 0.216. The van der Waals surface area contributed by atoms with Crippen LogP contribution in [0.25, 0.3) is 0 Å². The van der Waals surface area contributed by atoms with E-state index in [2.05, 4.69) is 22.0 Å². The molecule has 2 aliphatic heterocycles. The van der Waals surface area contributed by atoms with E-state index in [1.165, 1.54) is 19.4 Å². The first kappa shape index (κ1) is 13.2. The van der Waals surface area contributed by atoms with Gasteiger partial charge in [-0.3, -0.25) is 14.0 Å². The van der Waals surface area contributed by atoms with E-state index >= 15 is 0 Å². The average Bonchev–Trinajstić information content (AvgIpc) is 2.33. The lowest BCUT2D eigenvalue weighted by atomic mass is 9.97. The molecule has 17 heavy (non-hydrogen) atoms. The fourth-order valence-electron chi connectivity index (χ4n) is 2.71. The smallest absolute Gasteiger partial charge is 0.219 e. The van der Waals surface area contributed by atoms with E-state index < -0.39 is 0 Å². The number of piperidine rings is 1. The number of carbonyl (C=O) groups is 1. The fourth-order valence-corrected chi connectivity index (χ4v) is 2.94. The van der Waals surface area contributed by atoms with Crippen molar-refractivity contribution in [2.75, 3.05) is 45.8 Å². The van der Waals surface area contributed by atoms with Crippen molar-refractivity contribution in [1.29, 1.82) is 0 Å². The zero-order chi connectivity index (χ0) is 12.3. The maximum atomic E-state index is 11.2. The number of hydrogen-bond donors (Lipinski definition) is 1. The monoisotopic (exact) mass is 257 g/mol. The molecule has 5 heteroatoms. The van der Waals surface area contributed by atoms with Crippen LogP contribution < -0.4 is 0 Å². The summed E-state index contributed by atoms with van der Waals surface area (Å²) < 4.78 is 2.12. The quantitative estimate of drug-likeness (QED) is 0.738. The molecule has 0 bridgehead atoms. The number of carbonyl (C=O) groups excluding carboxylic acids is 1. The lowest BCUT2D eigenvalue weighted by molar-refractivity contribution is -0.130. The summed E-state index contributed by atoms with van der Waals surface area (Å²) in [6, 6.07) is 0. The molecule has 2 heterocycles. The summed E-state index contributed by atoms with van der Waals surface area (Å²) in [6.45, 7) is 8.98. The molecule has 2 aliphatic rings. The molecular formula is C12H23N3OS. The first-order valence-electron chi connectivity index (χ1n) is 6.57. The summed E-state index contributed by atoms with van der Waals surface area (Å²) in [6.07, 6.45) is 2.52. The standard InChI is InChI=1S/C12H23N3OS/c1-11(16)14-8-6-13(7-9-14)10-12-2-4-15(17)5-3-12/h12,17H,2-10H2,1H3. The van der Waals surface area contributed by atoms with Crippen LogP contribution in [0, 0.1) is 5.92 Å². The van der Waals surface area contributed by atoms with Gasteiger partial charge < -0.3 is 4.90 Å². The van der Waals surface area contributed by atoms with E-state index in [1.807, 2.05) is 4.90 Å². The molecule has 98 valence electrons. The number of nitrogens with zero attached hydrogens (tertiary/aromatic N) is 3. The number of thiol groups is 1. The minimum Gasteiger partial charge on any atom is -0.340 e. The van der Waals surface area contributed by atoms with Crippen molar-refractivity contribution in [3.8, 4) is 0 Å². The Morgan fingerprint density at radius 2 is 1.71 bits per heavy atom. The molecule has 0 aromatic rings. The molecule has 0 aliphatic carbocycles. The van der Waals surface area contributed by atoms with E-state index in [4.69, 9.17) is 0 Å². The van der Waals surface area contributed by atoms with E-state index in [1.54, 1.807) is 6.92 Å². The van der Waals surface area contributed by atoms with Crippen LogP contribution in [0.2, 0.25) is 0 Å². The Labute approximate surface area is 109 Å². The molecule has 2 rings (SSSR count). The van der Waals surface area contributed by atoms with Gasteiger partial charge in [0.2, 0.25) is 5.91 Å². The molecule has 0 aromatic carbocycles. The van der Waals surface area contributed by atoms with Crippen LogP contribution in [0.5, 0.6) is 0 Å². The second-order valence-corrected chi connectivity index (χ2v) is 5.77. The topological polar surface area (TPSA) is 26.8 Å². The van der Waals surface area contributed by atoms with Crippen molar-refractivity contribution in [1.82, 2.24) is 14.1 Å². The summed E-state index contributed by atoms with van der Waals surface area (Å²) >= 11 is 4.38. The Morgan fingerprint density at radius 1 is 1.12 bits per heavy atom. The number of piperazine rings is 1. The van der Waals surface area contributed by atoms with Gasteiger partial charge in [0.25, 0.3) is 0 Å². The number of rotatable bonds is 2. The van der Waals surface area contributed by atoms with Crippen LogP contribution in [0.1, 0.15) is 19.8 Å². The lowest BCUT2D eigenvalue weighted by Crippen LogP contribution is -2.49. The van der Waals surface area contributed by atoms with Crippen LogP contribution >= 0.6 is 12.8 Å².